The van der Waals surface area contributed by atoms with Crippen LogP contribution in [0.15, 0.2) is 27.8 Å². The minimum Gasteiger partial charge on any atom is -0.497 e. The van der Waals surface area contributed by atoms with Crippen LogP contribution in [0.25, 0.3) is 22.6 Å². The van der Waals surface area contributed by atoms with Gasteiger partial charge in [0.25, 0.3) is 5.56 Å². The van der Waals surface area contributed by atoms with Crippen LogP contribution in [0.2, 0.25) is 0 Å². The van der Waals surface area contributed by atoms with E-state index >= 15 is 0 Å². The highest BCUT2D eigenvalue weighted by molar-refractivity contribution is 5.75. The van der Waals surface area contributed by atoms with E-state index in [4.69, 9.17) is 9.47 Å². The first-order valence-electron chi connectivity index (χ1n) is 6.06. The number of H-pyrrole nitrogens is 3. The second-order valence-corrected chi connectivity index (χ2v) is 4.32. The molecule has 0 aliphatic heterocycles. The molecule has 0 aliphatic rings. The summed E-state index contributed by atoms with van der Waals surface area (Å²) in [6.07, 6.45) is 0. The third-order valence-corrected chi connectivity index (χ3v) is 3.01. The molecule has 0 amide bonds. The lowest BCUT2D eigenvalue weighted by atomic mass is 10.2. The van der Waals surface area contributed by atoms with Crippen molar-refractivity contribution in [2.24, 2.45) is 0 Å². The second-order valence-electron chi connectivity index (χ2n) is 4.32. The quantitative estimate of drug-likeness (QED) is 0.654. The lowest BCUT2D eigenvalue weighted by Crippen LogP contribution is -2.21. The molecule has 0 atom stereocenters. The number of aromatic amines is 3. The highest BCUT2D eigenvalue weighted by Crippen LogP contribution is 2.28. The summed E-state index contributed by atoms with van der Waals surface area (Å²) in [5.74, 6) is 1.61. The number of ether oxygens (including phenoxy) is 2. The summed E-state index contributed by atoms with van der Waals surface area (Å²) in [7, 11) is 3.08. The summed E-state index contributed by atoms with van der Waals surface area (Å²) in [5.41, 5.74) is -0.0642. The van der Waals surface area contributed by atoms with E-state index in [2.05, 4.69) is 19.9 Å². The molecular weight excluding hydrogens is 276 g/mol. The second kappa shape index (κ2) is 4.82. The highest BCUT2D eigenvalue weighted by Gasteiger charge is 2.11. The molecule has 0 unspecified atom stereocenters. The summed E-state index contributed by atoms with van der Waals surface area (Å²) in [6, 6.07) is 5.21. The smallest absolute Gasteiger partial charge is 0.327 e. The number of hydrogen-bond donors (Lipinski definition) is 3. The molecule has 0 bridgehead atoms. The predicted octanol–water partition coefficient (Wildman–Crippen LogP) is 0.624. The monoisotopic (exact) mass is 288 g/mol. The average Bonchev–Trinajstić information content (AvgIpc) is 2.91. The SMILES string of the molecule is COc1cc(OC)cc(-c2nc3[nH]c(=O)[nH]c(=O)c3[nH]2)c1. The number of imidazole rings is 1. The largest absolute Gasteiger partial charge is 0.497 e. The summed E-state index contributed by atoms with van der Waals surface area (Å²) < 4.78 is 10.4. The highest BCUT2D eigenvalue weighted by atomic mass is 16.5. The Labute approximate surface area is 117 Å². The van der Waals surface area contributed by atoms with Crippen LogP contribution in [0.1, 0.15) is 0 Å². The van der Waals surface area contributed by atoms with Crippen molar-refractivity contribution in [3.05, 3.63) is 39.0 Å². The first kappa shape index (κ1) is 13.0. The van der Waals surface area contributed by atoms with Crippen LogP contribution in [0.5, 0.6) is 11.5 Å². The van der Waals surface area contributed by atoms with Gasteiger partial charge in [0.1, 0.15) is 22.8 Å². The average molecular weight is 288 g/mol. The van der Waals surface area contributed by atoms with Gasteiger partial charge in [0.05, 0.1) is 14.2 Å². The van der Waals surface area contributed by atoms with Crippen LogP contribution in [-0.2, 0) is 0 Å². The third kappa shape index (κ3) is 2.27. The maximum Gasteiger partial charge on any atom is 0.327 e. The van der Waals surface area contributed by atoms with Crippen molar-refractivity contribution >= 4 is 11.2 Å². The lowest BCUT2D eigenvalue weighted by molar-refractivity contribution is 0.394. The van der Waals surface area contributed by atoms with E-state index in [0.29, 0.717) is 22.9 Å². The maximum absolute atomic E-state index is 11.7. The number of benzene rings is 1. The van der Waals surface area contributed by atoms with Gasteiger partial charge in [0.2, 0.25) is 0 Å². The third-order valence-electron chi connectivity index (χ3n) is 3.01. The fraction of sp³-hybridized carbons (Fsp3) is 0.154. The van der Waals surface area contributed by atoms with Gasteiger partial charge in [-0.05, 0) is 12.1 Å². The van der Waals surface area contributed by atoms with Crippen molar-refractivity contribution in [3.63, 3.8) is 0 Å². The summed E-state index contributed by atoms with van der Waals surface area (Å²) in [4.78, 5) is 34.6. The van der Waals surface area contributed by atoms with Gasteiger partial charge in [0, 0.05) is 11.6 Å². The molecule has 0 fully saturated rings. The fourth-order valence-corrected chi connectivity index (χ4v) is 2.01. The molecule has 8 nitrogen and oxygen atoms in total. The van der Waals surface area contributed by atoms with Crippen molar-refractivity contribution in [1.29, 1.82) is 0 Å². The standard InChI is InChI=1S/C13H12N4O4/c1-20-7-3-6(4-8(5-7)21-2)10-14-9-11(15-10)16-13(19)17-12(9)18/h3-5H,1-2H3,(H3,14,15,16,17,18,19). The molecule has 0 aliphatic carbocycles. The van der Waals surface area contributed by atoms with Crippen molar-refractivity contribution in [1.82, 2.24) is 19.9 Å². The fourth-order valence-electron chi connectivity index (χ4n) is 2.01. The minimum absolute atomic E-state index is 0.195. The zero-order valence-corrected chi connectivity index (χ0v) is 11.3. The molecular formula is C13H12N4O4. The predicted molar refractivity (Wildman–Crippen MR) is 75.9 cm³/mol. The summed E-state index contributed by atoms with van der Waals surface area (Å²) in [5, 5.41) is 0. The van der Waals surface area contributed by atoms with E-state index in [-0.39, 0.29) is 11.2 Å². The van der Waals surface area contributed by atoms with Crippen LogP contribution < -0.4 is 20.7 Å². The molecule has 0 spiro atoms. The number of nitrogens with one attached hydrogen (secondary N) is 3. The van der Waals surface area contributed by atoms with Gasteiger partial charge < -0.3 is 14.5 Å². The number of hydrogen-bond acceptors (Lipinski definition) is 5. The van der Waals surface area contributed by atoms with E-state index in [0.717, 1.165) is 0 Å². The molecule has 3 aromatic rings. The Balaban J connectivity index is 2.23. The van der Waals surface area contributed by atoms with Gasteiger partial charge in [-0.25, -0.2) is 9.78 Å². The van der Waals surface area contributed by atoms with E-state index in [1.807, 2.05) is 0 Å². The first-order chi connectivity index (χ1) is 10.1. The molecule has 108 valence electrons. The Kier molecular flexibility index (Phi) is 2.98. The molecule has 21 heavy (non-hydrogen) atoms. The first-order valence-corrected chi connectivity index (χ1v) is 6.06. The molecule has 0 saturated carbocycles. The number of fused-ring (bicyclic) bond motifs is 1. The van der Waals surface area contributed by atoms with Crippen molar-refractivity contribution in [2.75, 3.05) is 14.2 Å². The van der Waals surface area contributed by atoms with Crippen molar-refractivity contribution in [3.8, 4) is 22.9 Å². The Bertz CT molecular complexity index is 900. The topological polar surface area (TPSA) is 113 Å². The van der Waals surface area contributed by atoms with Gasteiger partial charge in [-0.1, -0.05) is 0 Å². The van der Waals surface area contributed by atoms with Crippen LogP contribution in [0.3, 0.4) is 0 Å². The van der Waals surface area contributed by atoms with Crippen LogP contribution in [0.4, 0.5) is 0 Å². The number of rotatable bonds is 3. The lowest BCUT2D eigenvalue weighted by Gasteiger charge is -2.06. The Morgan fingerprint density at radius 1 is 0.952 bits per heavy atom. The zero-order chi connectivity index (χ0) is 15.0. The molecule has 3 N–H and O–H groups in total. The molecule has 0 radical (unpaired) electrons. The molecule has 0 saturated heterocycles. The van der Waals surface area contributed by atoms with E-state index in [1.54, 1.807) is 32.4 Å². The van der Waals surface area contributed by atoms with Gasteiger partial charge in [0.15, 0.2) is 5.65 Å². The van der Waals surface area contributed by atoms with Gasteiger partial charge in [-0.15, -0.1) is 0 Å². The van der Waals surface area contributed by atoms with E-state index in [9.17, 15) is 9.59 Å². The molecule has 1 aromatic carbocycles. The normalized spacial score (nSPS) is 10.8. The van der Waals surface area contributed by atoms with Crippen molar-refractivity contribution in [2.45, 2.75) is 0 Å². The number of nitrogens with zero attached hydrogens (tertiary/aromatic N) is 1. The number of aromatic nitrogens is 4. The van der Waals surface area contributed by atoms with Crippen molar-refractivity contribution < 1.29 is 9.47 Å². The Morgan fingerprint density at radius 2 is 1.62 bits per heavy atom. The van der Waals surface area contributed by atoms with Crippen LogP contribution in [-0.4, -0.2) is 34.2 Å². The molecule has 8 heteroatoms. The Morgan fingerprint density at radius 3 is 2.24 bits per heavy atom. The molecule has 2 heterocycles. The van der Waals surface area contributed by atoms with E-state index < -0.39 is 11.2 Å². The molecule has 2 aromatic heterocycles. The number of methoxy groups -OCH3 is 2. The maximum atomic E-state index is 11.7. The molecule has 3 rings (SSSR count). The van der Waals surface area contributed by atoms with Gasteiger partial charge >= 0.3 is 5.69 Å². The van der Waals surface area contributed by atoms with E-state index in [1.165, 1.54) is 0 Å². The summed E-state index contributed by atoms with van der Waals surface area (Å²) >= 11 is 0. The van der Waals surface area contributed by atoms with Crippen LogP contribution in [0, 0.1) is 0 Å². The summed E-state index contributed by atoms with van der Waals surface area (Å²) in [6.45, 7) is 0. The minimum atomic E-state index is -0.603. The zero-order valence-electron chi connectivity index (χ0n) is 11.3. The van der Waals surface area contributed by atoms with Crippen LogP contribution >= 0.6 is 0 Å². The van der Waals surface area contributed by atoms with Gasteiger partial charge in [-0.2, -0.15) is 0 Å². The van der Waals surface area contributed by atoms with Gasteiger partial charge in [-0.3, -0.25) is 14.8 Å². The Hall–Kier alpha value is -3.03.